The molecule has 0 bridgehead atoms. The van der Waals surface area contributed by atoms with Crippen molar-refractivity contribution in [3.63, 3.8) is 0 Å². The lowest BCUT2D eigenvalue weighted by Gasteiger charge is -2.17. The number of benzene rings is 3. The summed E-state index contributed by atoms with van der Waals surface area (Å²) in [5.74, 6) is 0. The van der Waals surface area contributed by atoms with Gasteiger partial charge in [-0.05, 0) is 85.2 Å². The van der Waals surface area contributed by atoms with Gasteiger partial charge in [-0.15, -0.1) is 0 Å². The number of nitrogens with zero attached hydrogens (tertiary/aromatic N) is 1. The maximum atomic E-state index is 13.1. The summed E-state index contributed by atoms with van der Waals surface area (Å²) in [6.07, 6.45) is -2.51. The maximum Gasteiger partial charge on any atom is 0.416 e. The van der Waals surface area contributed by atoms with Crippen molar-refractivity contribution in [3.05, 3.63) is 59.2 Å². The van der Waals surface area contributed by atoms with E-state index in [-0.39, 0.29) is 0 Å². The van der Waals surface area contributed by atoms with Gasteiger partial charge in [-0.3, -0.25) is 0 Å². The van der Waals surface area contributed by atoms with Gasteiger partial charge in [0.2, 0.25) is 0 Å². The predicted octanol–water partition coefficient (Wildman–Crippen LogP) is 5.81. The molecule has 0 saturated carbocycles. The molecule has 0 aromatic heterocycles. The Balaban J connectivity index is 2.24. The van der Waals surface area contributed by atoms with Gasteiger partial charge in [0, 0.05) is 0 Å². The second-order valence-electron chi connectivity index (χ2n) is 6.81. The van der Waals surface area contributed by atoms with Gasteiger partial charge in [0.05, 0.1) is 5.56 Å². The third-order valence-electron chi connectivity index (χ3n) is 4.76. The Hall–Kier alpha value is -2.07. The van der Waals surface area contributed by atoms with E-state index in [0.29, 0.717) is 5.39 Å². The molecule has 132 valence electrons. The van der Waals surface area contributed by atoms with Crippen LogP contribution in [0.1, 0.15) is 23.1 Å². The number of rotatable bonds is 4. The van der Waals surface area contributed by atoms with Crippen molar-refractivity contribution in [2.24, 2.45) is 0 Å². The lowest BCUT2D eigenvalue weighted by atomic mass is 9.89. The van der Waals surface area contributed by atoms with Gasteiger partial charge < -0.3 is 4.90 Å². The molecule has 4 heteroatoms. The van der Waals surface area contributed by atoms with Crippen LogP contribution in [-0.4, -0.2) is 25.5 Å². The number of hydrogen-bond acceptors (Lipinski definition) is 1. The van der Waals surface area contributed by atoms with Crippen LogP contribution in [0, 0.1) is 6.92 Å². The first-order valence-electron chi connectivity index (χ1n) is 8.45. The van der Waals surface area contributed by atoms with E-state index >= 15 is 0 Å². The molecule has 0 spiro atoms. The number of alkyl halides is 3. The summed E-state index contributed by atoms with van der Waals surface area (Å²) in [5, 5.41) is 3.82. The van der Waals surface area contributed by atoms with Gasteiger partial charge in [-0.25, -0.2) is 0 Å². The van der Waals surface area contributed by atoms with Crippen LogP contribution >= 0.6 is 0 Å². The van der Waals surface area contributed by atoms with E-state index in [1.165, 1.54) is 12.1 Å². The average Bonchev–Trinajstić information content (AvgIpc) is 2.56. The second-order valence-corrected chi connectivity index (χ2v) is 6.81. The third kappa shape index (κ3) is 3.49. The largest absolute Gasteiger partial charge is 0.416 e. The highest BCUT2D eigenvalue weighted by Gasteiger charge is 2.30. The molecule has 1 nitrogen and oxygen atoms in total. The molecule has 0 aliphatic rings. The first kappa shape index (κ1) is 17.7. The third-order valence-corrected chi connectivity index (χ3v) is 4.76. The van der Waals surface area contributed by atoms with Crippen LogP contribution in [0.15, 0.2) is 42.5 Å². The van der Waals surface area contributed by atoms with E-state index in [9.17, 15) is 13.2 Å². The predicted molar refractivity (Wildman–Crippen MR) is 98.1 cm³/mol. The van der Waals surface area contributed by atoms with Crippen LogP contribution in [0.2, 0.25) is 0 Å². The monoisotopic (exact) mass is 345 g/mol. The molecule has 0 saturated heterocycles. The summed E-state index contributed by atoms with van der Waals surface area (Å²) >= 11 is 0. The standard InChI is InChI=1S/C21H22F3N/c1-14-16-7-4-5-8-17(16)18(9-6-12-25(2)3)19-11-10-15(13-20(14)19)21(22,23)24/h4-5,7-8,10-11,13H,6,9,12H2,1-3H3. The highest BCUT2D eigenvalue weighted by Crippen LogP contribution is 2.37. The highest BCUT2D eigenvalue weighted by molar-refractivity contribution is 6.05. The fourth-order valence-corrected chi connectivity index (χ4v) is 3.50. The quantitative estimate of drug-likeness (QED) is 0.539. The number of fused-ring (bicyclic) bond motifs is 2. The summed E-state index contributed by atoms with van der Waals surface area (Å²) in [6.45, 7) is 2.86. The molecule has 0 fully saturated rings. The molecule has 0 N–H and O–H groups in total. The zero-order chi connectivity index (χ0) is 18.2. The lowest BCUT2D eigenvalue weighted by molar-refractivity contribution is -0.137. The molecular formula is C21H22F3N. The van der Waals surface area contributed by atoms with E-state index in [2.05, 4.69) is 11.0 Å². The van der Waals surface area contributed by atoms with E-state index < -0.39 is 11.7 Å². The van der Waals surface area contributed by atoms with Gasteiger partial charge in [0.25, 0.3) is 0 Å². The zero-order valence-electron chi connectivity index (χ0n) is 14.7. The SMILES string of the molecule is Cc1c2ccccc2c(CCCN(C)C)c2ccc(C(F)(F)F)cc12. The molecule has 0 amide bonds. The Morgan fingerprint density at radius 1 is 0.880 bits per heavy atom. The van der Waals surface area contributed by atoms with Gasteiger partial charge in [-0.1, -0.05) is 30.3 Å². The Kier molecular flexibility index (Phi) is 4.74. The van der Waals surface area contributed by atoms with Crippen LogP contribution in [-0.2, 0) is 12.6 Å². The van der Waals surface area contributed by atoms with Crippen LogP contribution < -0.4 is 0 Å². The van der Waals surface area contributed by atoms with Crippen LogP contribution in [0.5, 0.6) is 0 Å². The molecular weight excluding hydrogens is 323 g/mol. The minimum Gasteiger partial charge on any atom is -0.309 e. The summed E-state index contributed by atoms with van der Waals surface area (Å²) in [4.78, 5) is 2.13. The topological polar surface area (TPSA) is 3.24 Å². The fourth-order valence-electron chi connectivity index (χ4n) is 3.50. The van der Waals surface area contributed by atoms with Crippen molar-refractivity contribution in [1.29, 1.82) is 0 Å². The van der Waals surface area contributed by atoms with Gasteiger partial charge in [0.15, 0.2) is 0 Å². The molecule has 25 heavy (non-hydrogen) atoms. The van der Waals surface area contributed by atoms with Crippen LogP contribution in [0.4, 0.5) is 13.2 Å². The molecule has 3 aromatic rings. The Morgan fingerprint density at radius 2 is 1.52 bits per heavy atom. The second kappa shape index (κ2) is 6.68. The fraction of sp³-hybridized carbons (Fsp3) is 0.333. The minimum atomic E-state index is -4.32. The number of hydrogen-bond donors (Lipinski definition) is 0. The van der Waals surface area contributed by atoms with Crippen molar-refractivity contribution < 1.29 is 13.2 Å². The first-order chi connectivity index (χ1) is 11.8. The van der Waals surface area contributed by atoms with Crippen molar-refractivity contribution in [2.75, 3.05) is 20.6 Å². The molecule has 0 aliphatic heterocycles. The Morgan fingerprint density at radius 3 is 2.16 bits per heavy atom. The minimum absolute atomic E-state index is 0.586. The molecule has 3 rings (SSSR count). The Bertz CT molecular complexity index is 910. The van der Waals surface area contributed by atoms with Crippen molar-refractivity contribution in [1.82, 2.24) is 4.90 Å². The summed E-state index contributed by atoms with van der Waals surface area (Å²) in [6, 6.07) is 12.1. The van der Waals surface area contributed by atoms with E-state index in [4.69, 9.17) is 0 Å². The van der Waals surface area contributed by atoms with Crippen LogP contribution in [0.25, 0.3) is 21.5 Å². The summed E-state index contributed by atoms with van der Waals surface area (Å²) < 4.78 is 39.4. The summed E-state index contributed by atoms with van der Waals surface area (Å²) in [5.41, 5.74) is 1.47. The van der Waals surface area contributed by atoms with Crippen LogP contribution in [0.3, 0.4) is 0 Å². The average molecular weight is 345 g/mol. The van der Waals surface area contributed by atoms with Gasteiger partial charge in [-0.2, -0.15) is 13.2 Å². The first-order valence-corrected chi connectivity index (χ1v) is 8.45. The molecule has 3 aromatic carbocycles. The molecule has 0 radical (unpaired) electrons. The van der Waals surface area contributed by atoms with Gasteiger partial charge >= 0.3 is 6.18 Å². The lowest BCUT2D eigenvalue weighted by Crippen LogP contribution is -2.13. The van der Waals surface area contributed by atoms with Gasteiger partial charge in [0.1, 0.15) is 0 Å². The smallest absolute Gasteiger partial charge is 0.309 e. The van der Waals surface area contributed by atoms with Crippen molar-refractivity contribution in [2.45, 2.75) is 25.9 Å². The summed E-state index contributed by atoms with van der Waals surface area (Å²) in [7, 11) is 4.06. The molecule has 0 atom stereocenters. The zero-order valence-corrected chi connectivity index (χ0v) is 14.7. The normalized spacial score (nSPS) is 12.4. The highest BCUT2D eigenvalue weighted by atomic mass is 19.4. The van der Waals surface area contributed by atoms with Crippen molar-refractivity contribution >= 4 is 21.5 Å². The maximum absolute atomic E-state index is 13.1. The Labute approximate surface area is 146 Å². The van der Waals surface area contributed by atoms with E-state index in [1.54, 1.807) is 6.07 Å². The number of halogens is 3. The molecule has 0 aliphatic carbocycles. The molecule has 0 unspecified atom stereocenters. The van der Waals surface area contributed by atoms with Crippen molar-refractivity contribution in [3.8, 4) is 0 Å². The number of aryl methyl sites for hydroxylation is 2. The van der Waals surface area contributed by atoms with E-state index in [1.807, 2.05) is 39.2 Å². The van der Waals surface area contributed by atoms with E-state index in [0.717, 1.165) is 46.7 Å². The molecule has 0 heterocycles.